The lowest BCUT2D eigenvalue weighted by Gasteiger charge is -2.54. The van der Waals surface area contributed by atoms with Gasteiger partial charge in [-0.1, -0.05) is 41.5 Å². The van der Waals surface area contributed by atoms with E-state index in [1.165, 1.54) is 37.1 Å². The van der Waals surface area contributed by atoms with E-state index in [-0.39, 0.29) is 21.2 Å². The van der Waals surface area contributed by atoms with Crippen LogP contribution in [0.2, 0.25) is 0 Å². The lowest BCUT2D eigenvalue weighted by Crippen LogP contribution is -2.53. The second kappa shape index (κ2) is 11.6. The number of hydrogen-bond acceptors (Lipinski definition) is 6. The number of ether oxygens (including phenoxy) is 1. The molecule has 0 spiro atoms. The highest BCUT2D eigenvalue weighted by Crippen LogP contribution is 2.68. The minimum atomic E-state index is -3.79. The Morgan fingerprint density at radius 3 is 1.80 bits per heavy atom. The van der Waals surface area contributed by atoms with Gasteiger partial charge < -0.3 is 10.5 Å². The van der Waals surface area contributed by atoms with Crippen LogP contribution in [0.15, 0.2) is 58.3 Å². The summed E-state index contributed by atoms with van der Waals surface area (Å²) >= 11 is 0. The fraction of sp³-hybridized carbons (Fsp3) is 0.657. The van der Waals surface area contributed by atoms with E-state index in [2.05, 4.69) is 46.3 Å². The van der Waals surface area contributed by atoms with Gasteiger partial charge in [-0.15, -0.1) is 0 Å². The minimum absolute atomic E-state index is 0.00735. The predicted molar refractivity (Wildman–Crippen MR) is 176 cm³/mol. The van der Waals surface area contributed by atoms with Crippen molar-refractivity contribution in [2.24, 2.45) is 75.5 Å². The monoisotopic (exact) mass is 657 g/mol. The van der Waals surface area contributed by atoms with Crippen molar-refractivity contribution >= 4 is 20.0 Å². The van der Waals surface area contributed by atoms with Crippen molar-refractivity contribution in [2.75, 3.05) is 0 Å². The van der Waals surface area contributed by atoms with Gasteiger partial charge in [0.05, 0.1) is 9.79 Å². The number of nitrogens with two attached hydrogens (primary N) is 2. The summed E-state index contributed by atoms with van der Waals surface area (Å²) in [6, 6.07) is 12.3. The molecule has 0 radical (unpaired) electrons. The molecule has 10 heteroatoms. The Morgan fingerprint density at radius 2 is 1.27 bits per heavy atom. The third kappa shape index (κ3) is 5.88. The summed E-state index contributed by atoms with van der Waals surface area (Å²) in [6.07, 6.45) is 4.43. The Morgan fingerprint density at radius 1 is 0.733 bits per heavy atom. The maximum atomic E-state index is 13.6. The first-order valence-corrected chi connectivity index (χ1v) is 19.7. The average molecular weight is 658 g/mol. The molecule has 4 fully saturated rings. The van der Waals surface area contributed by atoms with Crippen molar-refractivity contribution in [3.05, 3.63) is 48.5 Å². The molecule has 4 aliphatic rings. The van der Waals surface area contributed by atoms with Crippen molar-refractivity contribution in [1.29, 1.82) is 0 Å². The van der Waals surface area contributed by atoms with Gasteiger partial charge in [0.25, 0.3) is 0 Å². The molecule has 4 aliphatic carbocycles. The molecule has 8 nitrogen and oxygen atoms in total. The number of benzene rings is 2. The molecule has 4 bridgehead atoms. The van der Waals surface area contributed by atoms with Gasteiger partial charge in [0.2, 0.25) is 20.0 Å². The maximum Gasteiger partial charge on any atom is 0.240 e. The summed E-state index contributed by atoms with van der Waals surface area (Å²) in [4.78, 5) is 0.197. The molecule has 2 aromatic rings. The molecule has 2 aromatic carbocycles. The molecule has 0 amide bonds. The van der Waals surface area contributed by atoms with E-state index in [4.69, 9.17) is 15.6 Å². The average Bonchev–Trinajstić information content (AvgIpc) is 3.71. The summed E-state index contributed by atoms with van der Waals surface area (Å²) < 4.78 is 59.2. The molecule has 10 unspecified atom stereocenters. The predicted octanol–water partition coefficient (Wildman–Crippen LogP) is 5.98. The topological polar surface area (TPSA) is 142 Å². The van der Waals surface area contributed by atoms with Crippen molar-refractivity contribution < 1.29 is 21.6 Å². The maximum absolute atomic E-state index is 13.6. The number of fused-ring (bicyclic) bond motifs is 4. The Kier molecular flexibility index (Phi) is 8.50. The first-order valence-electron chi connectivity index (χ1n) is 16.7. The molecule has 5 N–H and O–H groups in total. The molecule has 6 rings (SSSR count). The van der Waals surface area contributed by atoms with Gasteiger partial charge in [-0.3, -0.25) is 0 Å². The number of rotatable bonds is 10. The van der Waals surface area contributed by atoms with E-state index in [9.17, 15) is 16.8 Å². The zero-order valence-electron chi connectivity index (χ0n) is 27.4. The number of hydrogen-bond donors (Lipinski definition) is 3. The summed E-state index contributed by atoms with van der Waals surface area (Å²) in [5.74, 6) is 6.54. The van der Waals surface area contributed by atoms with E-state index in [1.807, 2.05) is 0 Å². The van der Waals surface area contributed by atoms with Gasteiger partial charge in [-0.05, 0) is 139 Å². The molecular weight excluding hydrogens is 607 g/mol. The molecule has 0 aliphatic heterocycles. The van der Waals surface area contributed by atoms with Gasteiger partial charge in [0, 0.05) is 12.1 Å². The van der Waals surface area contributed by atoms with Crippen LogP contribution in [0.3, 0.4) is 0 Å². The lowest BCUT2D eigenvalue weighted by molar-refractivity contribution is -0.0508. The van der Waals surface area contributed by atoms with Crippen LogP contribution in [0.4, 0.5) is 0 Å². The van der Waals surface area contributed by atoms with Gasteiger partial charge in [0.15, 0.2) is 0 Å². The van der Waals surface area contributed by atoms with E-state index < -0.39 is 20.0 Å². The van der Waals surface area contributed by atoms with Crippen molar-refractivity contribution in [3.8, 4) is 11.5 Å². The summed E-state index contributed by atoms with van der Waals surface area (Å²) in [7, 11) is -7.53. The van der Waals surface area contributed by atoms with Crippen LogP contribution < -0.4 is 20.3 Å². The van der Waals surface area contributed by atoms with Crippen LogP contribution in [0.25, 0.3) is 0 Å². The van der Waals surface area contributed by atoms with E-state index in [1.54, 1.807) is 24.3 Å². The SMILES string of the molecule is CC(C)C1C2CC(CC2NS(=O)(=O)c2ccc(Oc3ccc(S(N)(=O)=O)cc3)cc2)C1C(C)(C)C1C2CC(CC2N)C1C(C)C. The third-order valence-electron chi connectivity index (χ3n) is 12.3. The Hall–Kier alpha value is -1.98. The Balaban J connectivity index is 1.16. The smallest absolute Gasteiger partial charge is 0.240 e. The summed E-state index contributed by atoms with van der Waals surface area (Å²) in [5.41, 5.74) is 6.90. The van der Waals surface area contributed by atoms with Crippen molar-refractivity contribution in [1.82, 2.24) is 4.72 Å². The van der Waals surface area contributed by atoms with Crippen molar-refractivity contribution in [3.63, 3.8) is 0 Å². The zero-order valence-corrected chi connectivity index (χ0v) is 29.0. The largest absolute Gasteiger partial charge is 0.457 e. The van der Waals surface area contributed by atoms with Crippen LogP contribution >= 0.6 is 0 Å². The van der Waals surface area contributed by atoms with E-state index >= 15 is 0 Å². The fourth-order valence-corrected chi connectivity index (χ4v) is 12.8. The minimum Gasteiger partial charge on any atom is -0.457 e. The second-order valence-corrected chi connectivity index (χ2v) is 19.1. The molecule has 0 aromatic heterocycles. The lowest BCUT2D eigenvalue weighted by atomic mass is 9.52. The van der Waals surface area contributed by atoms with Crippen LogP contribution in [0.5, 0.6) is 11.5 Å². The van der Waals surface area contributed by atoms with Gasteiger partial charge >= 0.3 is 0 Å². The van der Waals surface area contributed by atoms with Gasteiger partial charge in [0.1, 0.15) is 11.5 Å². The van der Waals surface area contributed by atoms with Crippen molar-refractivity contribution in [2.45, 2.75) is 89.1 Å². The van der Waals surface area contributed by atoms with Gasteiger partial charge in [-0.2, -0.15) is 0 Å². The second-order valence-electron chi connectivity index (χ2n) is 15.8. The quantitative estimate of drug-likeness (QED) is 0.287. The Bertz CT molecular complexity index is 1610. The van der Waals surface area contributed by atoms with Crippen LogP contribution in [0.1, 0.15) is 67.2 Å². The summed E-state index contributed by atoms with van der Waals surface area (Å²) in [5, 5.41) is 5.16. The highest BCUT2D eigenvalue weighted by Gasteiger charge is 2.64. The highest BCUT2D eigenvalue weighted by atomic mass is 32.2. The number of sulfonamides is 2. The molecule has 45 heavy (non-hydrogen) atoms. The van der Waals surface area contributed by atoms with E-state index in [0.29, 0.717) is 64.9 Å². The Labute approximate surface area is 270 Å². The van der Waals surface area contributed by atoms with Crippen LogP contribution in [0, 0.1) is 64.6 Å². The van der Waals surface area contributed by atoms with Gasteiger partial charge in [-0.25, -0.2) is 26.7 Å². The normalized spacial score (nSPS) is 34.7. The molecule has 10 atom stereocenters. The van der Waals surface area contributed by atoms with E-state index in [0.717, 1.165) is 24.7 Å². The first kappa shape index (κ1) is 32.9. The first-order chi connectivity index (χ1) is 21.0. The third-order valence-corrected chi connectivity index (χ3v) is 14.7. The number of primary sulfonamides is 1. The molecule has 0 heterocycles. The number of nitrogens with one attached hydrogen (secondary N) is 1. The molecule has 4 saturated carbocycles. The van der Waals surface area contributed by atoms with Crippen LogP contribution in [-0.2, 0) is 20.0 Å². The molecular formula is C35H51N3O5S2. The highest BCUT2D eigenvalue weighted by molar-refractivity contribution is 7.89. The zero-order chi connectivity index (χ0) is 32.6. The summed E-state index contributed by atoms with van der Waals surface area (Å²) in [6.45, 7) is 14.5. The fourth-order valence-electron chi connectivity index (χ4n) is 11.0. The van der Waals surface area contributed by atoms with Crippen LogP contribution in [-0.4, -0.2) is 28.9 Å². The molecule has 0 saturated heterocycles. The standard InChI is InChI=1S/C35H51N3O5S2/c1-19(2)31-21-15-27(29(36)17-21)34(31)35(5,6)33-22-16-28(32(33)20(3)4)30(18-22)38-45(41,42)26-13-9-24(10-14-26)43-23-7-11-25(12-8-23)44(37,39)40/h7-14,19-22,27-34,38H,15-18,36H2,1-6H3,(H2,37,39,40). The molecule has 248 valence electrons.